The molecule has 1 aliphatic heterocycles. The number of ether oxygens (including phenoxy) is 3. The number of carbonyl (C=O) groups is 2. The van der Waals surface area contributed by atoms with Crippen LogP contribution in [0.5, 0.6) is 0 Å². The first-order chi connectivity index (χ1) is 10.8. The van der Waals surface area contributed by atoms with Gasteiger partial charge in [0.05, 0.1) is 25.9 Å². The van der Waals surface area contributed by atoms with Crippen molar-refractivity contribution in [1.82, 2.24) is 4.90 Å². The molecule has 6 nitrogen and oxygen atoms in total. The third kappa shape index (κ3) is 4.37. The van der Waals surface area contributed by atoms with E-state index in [2.05, 4.69) is 0 Å². The number of rotatable bonds is 8. The third-order valence-corrected chi connectivity index (χ3v) is 3.50. The molecule has 6 heteroatoms. The molecule has 2 atom stereocenters. The zero-order valence-electron chi connectivity index (χ0n) is 12.6. The molecule has 1 aromatic rings. The number of amides is 1. The van der Waals surface area contributed by atoms with E-state index in [1.165, 1.54) is 4.90 Å². The zero-order chi connectivity index (χ0) is 15.8. The average Bonchev–Trinajstić information content (AvgIpc) is 2.95. The molecule has 1 saturated heterocycles. The average molecular weight is 307 g/mol. The summed E-state index contributed by atoms with van der Waals surface area (Å²) in [6.07, 6.45) is 0.472. The molecule has 1 aromatic carbocycles. The number of nitrogens with zero attached hydrogens (tertiary/aromatic N) is 1. The van der Waals surface area contributed by atoms with Crippen LogP contribution in [0, 0.1) is 0 Å². The van der Waals surface area contributed by atoms with Gasteiger partial charge >= 0.3 is 0 Å². The van der Waals surface area contributed by atoms with Crippen LogP contribution in [0.4, 0.5) is 0 Å². The number of hydrogen-bond acceptors (Lipinski definition) is 5. The maximum atomic E-state index is 12.3. The summed E-state index contributed by atoms with van der Waals surface area (Å²) in [5.41, 5.74) is 1.10. The van der Waals surface area contributed by atoms with Crippen molar-refractivity contribution in [2.45, 2.75) is 18.7 Å². The second kappa shape index (κ2) is 8.63. The maximum Gasteiger partial charge on any atom is 0.251 e. The topological polar surface area (TPSA) is 65.1 Å². The Labute approximate surface area is 129 Å². The normalized spacial score (nSPS) is 21.0. The summed E-state index contributed by atoms with van der Waals surface area (Å²) in [6, 6.07) is 9.66. The Morgan fingerprint density at radius 1 is 1.36 bits per heavy atom. The highest BCUT2D eigenvalue weighted by atomic mass is 16.5. The van der Waals surface area contributed by atoms with Gasteiger partial charge in [-0.25, -0.2) is 0 Å². The van der Waals surface area contributed by atoms with E-state index in [0.717, 1.165) is 5.56 Å². The van der Waals surface area contributed by atoms with Gasteiger partial charge in [-0.1, -0.05) is 30.3 Å². The summed E-state index contributed by atoms with van der Waals surface area (Å²) in [5.74, 6) is -0.244. The standard InChI is InChI=1S/C16H21NO5/c1-20-7-8-21-12-15(19)17-14(11-22-16(17)10-18)9-13-5-3-2-4-6-13/h2-6,10,14,16H,7-9,11-12H2,1H3/t14-,16?/m0/s1. The second-order valence-corrected chi connectivity index (χ2v) is 5.05. The molecule has 0 saturated carbocycles. The van der Waals surface area contributed by atoms with Crippen molar-refractivity contribution in [3.05, 3.63) is 35.9 Å². The number of hydrogen-bond donors (Lipinski definition) is 0. The molecule has 1 aliphatic rings. The van der Waals surface area contributed by atoms with E-state index >= 15 is 0 Å². The minimum absolute atomic E-state index is 0.0810. The molecule has 0 aromatic heterocycles. The Morgan fingerprint density at radius 3 is 2.82 bits per heavy atom. The van der Waals surface area contributed by atoms with Crippen molar-refractivity contribution >= 4 is 12.2 Å². The van der Waals surface area contributed by atoms with E-state index < -0.39 is 6.23 Å². The Bertz CT molecular complexity index is 479. The van der Waals surface area contributed by atoms with E-state index in [1.54, 1.807) is 7.11 Å². The molecule has 1 heterocycles. The minimum atomic E-state index is -0.827. The maximum absolute atomic E-state index is 12.3. The van der Waals surface area contributed by atoms with E-state index in [9.17, 15) is 9.59 Å². The molecule has 0 spiro atoms. The predicted octanol–water partition coefficient (Wildman–Crippen LogP) is 0.645. The largest absolute Gasteiger partial charge is 0.382 e. The van der Waals surface area contributed by atoms with E-state index in [4.69, 9.17) is 14.2 Å². The number of methoxy groups -OCH3 is 1. The molecule has 1 amide bonds. The summed E-state index contributed by atoms with van der Waals surface area (Å²) < 4.78 is 15.5. The van der Waals surface area contributed by atoms with Crippen molar-refractivity contribution in [3.63, 3.8) is 0 Å². The SMILES string of the molecule is COCCOCC(=O)N1C(C=O)OC[C@@H]1Cc1ccccc1. The quantitative estimate of drug-likeness (QED) is 0.521. The molecular formula is C16H21NO5. The molecule has 0 bridgehead atoms. The highest BCUT2D eigenvalue weighted by Crippen LogP contribution is 2.20. The van der Waals surface area contributed by atoms with Gasteiger partial charge in [0.15, 0.2) is 12.5 Å². The van der Waals surface area contributed by atoms with Crippen LogP contribution < -0.4 is 0 Å². The Balaban J connectivity index is 1.96. The first kappa shape index (κ1) is 16.6. The first-order valence-corrected chi connectivity index (χ1v) is 7.25. The van der Waals surface area contributed by atoms with Gasteiger partial charge in [-0.15, -0.1) is 0 Å². The van der Waals surface area contributed by atoms with Gasteiger partial charge in [0.1, 0.15) is 6.61 Å². The molecule has 2 rings (SSSR count). The lowest BCUT2D eigenvalue weighted by molar-refractivity contribution is -0.146. The van der Waals surface area contributed by atoms with E-state index in [-0.39, 0.29) is 18.6 Å². The van der Waals surface area contributed by atoms with Crippen LogP contribution in [0.2, 0.25) is 0 Å². The Morgan fingerprint density at radius 2 is 2.14 bits per heavy atom. The highest BCUT2D eigenvalue weighted by molar-refractivity contribution is 5.81. The first-order valence-electron chi connectivity index (χ1n) is 7.25. The van der Waals surface area contributed by atoms with Crippen LogP contribution in [-0.4, -0.2) is 62.9 Å². The zero-order valence-corrected chi connectivity index (χ0v) is 12.6. The smallest absolute Gasteiger partial charge is 0.251 e. The molecule has 120 valence electrons. The van der Waals surface area contributed by atoms with Crippen molar-refractivity contribution in [3.8, 4) is 0 Å². The lowest BCUT2D eigenvalue weighted by Crippen LogP contribution is -2.45. The van der Waals surface area contributed by atoms with E-state index in [1.807, 2.05) is 30.3 Å². The van der Waals surface area contributed by atoms with Crippen LogP contribution in [0.3, 0.4) is 0 Å². The highest BCUT2D eigenvalue weighted by Gasteiger charge is 2.37. The van der Waals surface area contributed by atoms with Crippen LogP contribution >= 0.6 is 0 Å². The summed E-state index contributed by atoms with van der Waals surface area (Å²) >= 11 is 0. The Kier molecular flexibility index (Phi) is 6.51. The van der Waals surface area contributed by atoms with Crippen LogP contribution in [0.15, 0.2) is 30.3 Å². The number of benzene rings is 1. The minimum Gasteiger partial charge on any atom is -0.382 e. The van der Waals surface area contributed by atoms with Gasteiger partial charge in [-0.05, 0) is 12.0 Å². The Hall–Kier alpha value is -1.76. The number of aldehydes is 1. The van der Waals surface area contributed by atoms with Crippen molar-refractivity contribution in [2.75, 3.05) is 33.5 Å². The predicted molar refractivity (Wildman–Crippen MR) is 79.3 cm³/mol. The van der Waals surface area contributed by atoms with Gasteiger partial charge in [-0.2, -0.15) is 0 Å². The van der Waals surface area contributed by atoms with Gasteiger partial charge in [-0.3, -0.25) is 9.59 Å². The van der Waals surface area contributed by atoms with Gasteiger partial charge in [0.2, 0.25) is 0 Å². The lowest BCUT2D eigenvalue weighted by atomic mass is 10.1. The van der Waals surface area contributed by atoms with Crippen molar-refractivity contribution in [1.29, 1.82) is 0 Å². The summed E-state index contributed by atoms with van der Waals surface area (Å²) in [6.45, 7) is 1.03. The second-order valence-electron chi connectivity index (χ2n) is 5.05. The third-order valence-electron chi connectivity index (χ3n) is 3.50. The molecule has 22 heavy (non-hydrogen) atoms. The summed E-state index contributed by atoms with van der Waals surface area (Å²) in [4.78, 5) is 24.9. The molecule has 0 radical (unpaired) electrons. The monoisotopic (exact) mass is 307 g/mol. The molecule has 0 aliphatic carbocycles. The fourth-order valence-corrected chi connectivity index (χ4v) is 2.45. The van der Waals surface area contributed by atoms with Gasteiger partial charge < -0.3 is 19.1 Å². The molecule has 1 fully saturated rings. The molecule has 0 N–H and O–H groups in total. The van der Waals surface area contributed by atoms with E-state index in [0.29, 0.717) is 32.5 Å². The van der Waals surface area contributed by atoms with Crippen molar-refractivity contribution < 1.29 is 23.8 Å². The van der Waals surface area contributed by atoms with Gasteiger partial charge in [0.25, 0.3) is 5.91 Å². The summed E-state index contributed by atoms with van der Waals surface area (Å²) in [7, 11) is 1.57. The lowest BCUT2D eigenvalue weighted by Gasteiger charge is -2.25. The molecular weight excluding hydrogens is 286 g/mol. The van der Waals surface area contributed by atoms with Crippen molar-refractivity contribution in [2.24, 2.45) is 0 Å². The molecule has 1 unspecified atom stereocenters. The fourth-order valence-electron chi connectivity index (χ4n) is 2.45. The van der Waals surface area contributed by atoms with Gasteiger partial charge in [0, 0.05) is 7.11 Å². The van der Waals surface area contributed by atoms with Crippen LogP contribution in [0.1, 0.15) is 5.56 Å². The van der Waals surface area contributed by atoms with Crippen LogP contribution in [-0.2, 0) is 30.2 Å². The van der Waals surface area contributed by atoms with Crippen LogP contribution in [0.25, 0.3) is 0 Å². The fraction of sp³-hybridized carbons (Fsp3) is 0.500. The summed E-state index contributed by atoms with van der Waals surface area (Å²) in [5, 5.41) is 0. The number of carbonyl (C=O) groups excluding carboxylic acids is 2.